The first-order chi connectivity index (χ1) is 15.8. The van der Waals surface area contributed by atoms with Crippen LogP contribution in [0, 0.1) is 0 Å². The lowest BCUT2D eigenvalue weighted by molar-refractivity contribution is 0.447. The first kappa shape index (κ1) is 17.9. The molecule has 11 nitrogen and oxygen atoms in total. The maximum Gasteiger partial charge on any atom is 0.276 e. The van der Waals surface area contributed by atoms with E-state index in [2.05, 4.69) is 48.7 Å². The summed E-state index contributed by atoms with van der Waals surface area (Å²) in [7, 11) is 0. The number of fused-ring (bicyclic) bond motifs is 3. The standard InChI is InChI=1S/C21H15N9O2/c1-3-29-10-25-20-18(29)16(27-31-20)5-14-12-7-22-8-13(12)15(24-9-23-14)6-17-19-21(32-28-17)26-11-30(19)4-2/h3-11,22H,1-2H2,(H,23,24)/b14-5-,15-6-. The average molecular weight is 425 g/mol. The third-order valence-corrected chi connectivity index (χ3v) is 5.15. The molecule has 1 aliphatic rings. The summed E-state index contributed by atoms with van der Waals surface area (Å²) >= 11 is 0. The number of imidazole rings is 2. The molecule has 156 valence electrons. The van der Waals surface area contributed by atoms with Gasteiger partial charge in [0.1, 0.15) is 35.1 Å². The van der Waals surface area contributed by atoms with Gasteiger partial charge in [0.2, 0.25) is 0 Å². The first-order valence-corrected chi connectivity index (χ1v) is 9.56. The van der Waals surface area contributed by atoms with Crippen molar-refractivity contribution in [1.29, 1.82) is 0 Å². The van der Waals surface area contributed by atoms with Crippen LogP contribution in [0.4, 0.5) is 0 Å². The van der Waals surface area contributed by atoms with Crippen LogP contribution in [0.3, 0.4) is 0 Å². The van der Waals surface area contributed by atoms with Gasteiger partial charge in [-0.15, -0.1) is 0 Å². The Labute approximate surface area is 179 Å². The van der Waals surface area contributed by atoms with Gasteiger partial charge >= 0.3 is 0 Å². The Morgan fingerprint density at radius 1 is 0.844 bits per heavy atom. The first-order valence-electron chi connectivity index (χ1n) is 9.56. The second-order valence-electron chi connectivity index (χ2n) is 6.88. The van der Waals surface area contributed by atoms with Crippen molar-refractivity contribution >= 4 is 64.7 Å². The van der Waals surface area contributed by atoms with Crippen molar-refractivity contribution in [1.82, 2.24) is 39.7 Å². The lowest BCUT2D eigenvalue weighted by atomic mass is 10.1. The molecular weight excluding hydrogens is 410 g/mol. The molecule has 2 N–H and O–H groups in total. The van der Waals surface area contributed by atoms with Gasteiger partial charge in [-0.25, -0.2) is 4.99 Å². The molecule has 0 radical (unpaired) electrons. The quantitative estimate of drug-likeness (QED) is 0.451. The second kappa shape index (κ2) is 6.80. The summed E-state index contributed by atoms with van der Waals surface area (Å²) in [5.41, 5.74) is 6.74. The zero-order valence-electron chi connectivity index (χ0n) is 16.6. The molecule has 1 aliphatic heterocycles. The minimum absolute atomic E-state index is 0.427. The summed E-state index contributed by atoms with van der Waals surface area (Å²) < 4.78 is 14.2. The lowest BCUT2D eigenvalue weighted by Gasteiger charge is -2.04. The third-order valence-electron chi connectivity index (χ3n) is 5.15. The smallest absolute Gasteiger partial charge is 0.276 e. The lowest BCUT2D eigenvalue weighted by Crippen LogP contribution is -2.07. The van der Waals surface area contributed by atoms with E-state index in [-0.39, 0.29) is 0 Å². The fourth-order valence-corrected chi connectivity index (χ4v) is 3.66. The van der Waals surface area contributed by atoms with Crippen LogP contribution in [0.1, 0.15) is 22.5 Å². The van der Waals surface area contributed by atoms with E-state index in [0.29, 0.717) is 28.5 Å². The Morgan fingerprint density at radius 2 is 1.47 bits per heavy atom. The van der Waals surface area contributed by atoms with Gasteiger partial charge in [0.05, 0.1) is 17.7 Å². The summed E-state index contributed by atoms with van der Waals surface area (Å²) in [5, 5.41) is 11.5. The van der Waals surface area contributed by atoms with Gasteiger partial charge in [-0.05, 0) is 12.2 Å². The number of aromatic nitrogens is 7. The zero-order chi connectivity index (χ0) is 21.7. The van der Waals surface area contributed by atoms with E-state index < -0.39 is 0 Å². The summed E-state index contributed by atoms with van der Waals surface area (Å²) in [6, 6.07) is 0. The molecule has 32 heavy (non-hydrogen) atoms. The summed E-state index contributed by atoms with van der Waals surface area (Å²) in [6.07, 6.45) is 15.6. The molecule has 0 aliphatic carbocycles. The monoisotopic (exact) mass is 425 g/mol. The number of aliphatic imine (C=N–C) groups is 1. The van der Waals surface area contributed by atoms with Gasteiger partial charge in [-0.2, -0.15) is 9.97 Å². The highest BCUT2D eigenvalue weighted by molar-refractivity contribution is 6.00. The van der Waals surface area contributed by atoms with E-state index in [1.54, 1.807) is 40.5 Å². The van der Waals surface area contributed by atoms with E-state index in [1.807, 2.05) is 24.5 Å². The van der Waals surface area contributed by atoms with Crippen LogP contribution in [-0.4, -0.2) is 40.7 Å². The molecule has 5 aromatic heterocycles. The Hall–Kier alpha value is -4.93. The molecule has 0 unspecified atom stereocenters. The highest BCUT2D eigenvalue weighted by atomic mass is 16.5. The number of hydrogen-bond acceptors (Lipinski definition) is 8. The Kier molecular flexibility index (Phi) is 3.80. The summed E-state index contributed by atoms with van der Waals surface area (Å²) in [4.78, 5) is 16.1. The number of H-pyrrole nitrogens is 1. The second-order valence-corrected chi connectivity index (χ2v) is 6.88. The van der Waals surface area contributed by atoms with Crippen molar-refractivity contribution in [2.24, 2.45) is 4.99 Å². The predicted molar refractivity (Wildman–Crippen MR) is 121 cm³/mol. The van der Waals surface area contributed by atoms with Gasteiger partial charge in [0.15, 0.2) is 0 Å². The van der Waals surface area contributed by atoms with E-state index in [1.165, 1.54) is 0 Å². The zero-order valence-corrected chi connectivity index (χ0v) is 16.6. The molecule has 0 saturated heterocycles. The van der Waals surface area contributed by atoms with E-state index in [4.69, 9.17) is 9.05 Å². The Balaban J connectivity index is 1.47. The van der Waals surface area contributed by atoms with Crippen LogP contribution in [0.2, 0.25) is 0 Å². The number of nitrogens with zero attached hydrogens (tertiary/aromatic N) is 7. The number of rotatable bonds is 4. The van der Waals surface area contributed by atoms with Crippen molar-refractivity contribution < 1.29 is 9.05 Å². The van der Waals surface area contributed by atoms with Gasteiger partial charge in [-0.3, -0.25) is 0 Å². The van der Waals surface area contributed by atoms with Gasteiger partial charge < -0.3 is 28.5 Å². The molecular formula is C21H15N9O2. The van der Waals surface area contributed by atoms with Crippen molar-refractivity contribution in [3.05, 3.63) is 60.7 Å². The van der Waals surface area contributed by atoms with E-state index >= 15 is 0 Å². The largest absolute Gasteiger partial charge is 0.366 e. The minimum Gasteiger partial charge on any atom is -0.366 e. The topological polar surface area (TPSA) is 128 Å². The molecule has 0 fully saturated rings. The third kappa shape index (κ3) is 2.58. The van der Waals surface area contributed by atoms with Crippen LogP contribution in [0.25, 0.3) is 58.4 Å². The highest BCUT2D eigenvalue weighted by Crippen LogP contribution is 2.31. The number of hydrogen-bond donors (Lipinski definition) is 2. The Bertz CT molecular complexity index is 1600. The van der Waals surface area contributed by atoms with Crippen LogP contribution in [-0.2, 0) is 0 Å². The minimum atomic E-state index is 0.427. The van der Waals surface area contributed by atoms with E-state index in [0.717, 1.165) is 27.9 Å². The van der Waals surface area contributed by atoms with Gasteiger partial charge in [-0.1, -0.05) is 23.5 Å². The van der Waals surface area contributed by atoms with Crippen molar-refractivity contribution in [3.63, 3.8) is 0 Å². The van der Waals surface area contributed by atoms with Crippen molar-refractivity contribution in [3.8, 4) is 0 Å². The van der Waals surface area contributed by atoms with Gasteiger partial charge in [0.25, 0.3) is 11.4 Å². The normalized spacial score (nSPS) is 16.0. The van der Waals surface area contributed by atoms with E-state index in [9.17, 15) is 0 Å². The molecule has 5 aromatic rings. The number of nitrogens with one attached hydrogen (secondary N) is 2. The fourth-order valence-electron chi connectivity index (χ4n) is 3.66. The van der Waals surface area contributed by atoms with Crippen LogP contribution >= 0.6 is 0 Å². The molecule has 6 rings (SSSR count). The molecule has 0 saturated carbocycles. The molecule has 0 bridgehead atoms. The van der Waals surface area contributed by atoms with Gasteiger partial charge in [0, 0.05) is 35.9 Å². The number of aromatic amines is 1. The summed E-state index contributed by atoms with van der Waals surface area (Å²) in [6.45, 7) is 7.59. The fraction of sp³-hybridized carbons (Fsp3) is 0. The van der Waals surface area contributed by atoms with Crippen LogP contribution in [0.15, 0.2) is 52.2 Å². The SMILES string of the molecule is C=Cn1cnc2onc(/C=C3\N=CN/C(=C\c4noc5ncn(C=C)c45)c4c[nH]cc43)c21. The van der Waals surface area contributed by atoms with Crippen LogP contribution in [0.5, 0.6) is 0 Å². The van der Waals surface area contributed by atoms with Crippen molar-refractivity contribution in [2.45, 2.75) is 0 Å². The summed E-state index contributed by atoms with van der Waals surface area (Å²) in [5.74, 6) is 0. The van der Waals surface area contributed by atoms with Crippen molar-refractivity contribution in [2.75, 3.05) is 0 Å². The highest BCUT2D eigenvalue weighted by Gasteiger charge is 2.20. The molecule has 0 atom stereocenters. The predicted octanol–water partition coefficient (Wildman–Crippen LogP) is 3.52. The average Bonchev–Trinajstić information content (AvgIpc) is 3.59. The molecule has 11 heteroatoms. The molecule has 0 spiro atoms. The molecule has 6 heterocycles. The molecule has 0 amide bonds. The maximum absolute atomic E-state index is 5.33. The van der Waals surface area contributed by atoms with Crippen LogP contribution < -0.4 is 5.32 Å². The molecule has 0 aromatic carbocycles. The Morgan fingerprint density at radius 3 is 2.12 bits per heavy atom. The maximum atomic E-state index is 5.33.